The van der Waals surface area contributed by atoms with Gasteiger partial charge in [0.25, 0.3) is 5.91 Å². The second-order valence-electron chi connectivity index (χ2n) is 8.08. The van der Waals surface area contributed by atoms with Gasteiger partial charge < -0.3 is 20.6 Å². The largest absolute Gasteiger partial charge is 0.481 e. The highest BCUT2D eigenvalue weighted by molar-refractivity contribution is 5.94. The third kappa shape index (κ3) is 7.48. The van der Waals surface area contributed by atoms with E-state index in [0.717, 1.165) is 16.8 Å². The summed E-state index contributed by atoms with van der Waals surface area (Å²) < 4.78 is 0. The minimum Gasteiger partial charge on any atom is -0.481 e. The molecule has 34 heavy (non-hydrogen) atoms. The van der Waals surface area contributed by atoms with Gasteiger partial charge in [0.1, 0.15) is 0 Å². The molecule has 0 spiro atoms. The van der Waals surface area contributed by atoms with Crippen molar-refractivity contribution in [2.45, 2.75) is 25.8 Å². The van der Waals surface area contributed by atoms with Crippen LogP contribution in [0.15, 0.2) is 84.9 Å². The van der Waals surface area contributed by atoms with Crippen LogP contribution in [0.1, 0.15) is 40.7 Å². The van der Waals surface area contributed by atoms with Gasteiger partial charge in [0.05, 0.1) is 6.42 Å². The Labute approximate surface area is 199 Å². The van der Waals surface area contributed by atoms with Gasteiger partial charge in [0.15, 0.2) is 0 Å². The first-order valence-electron chi connectivity index (χ1n) is 11.2. The Morgan fingerprint density at radius 1 is 0.882 bits per heavy atom. The van der Waals surface area contributed by atoms with E-state index in [2.05, 4.69) is 29.7 Å². The molecular weight excluding hydrogens is 430 g/mol. The van der Waals surface area contributed by atoms with Crippen molar-refractivity contribution in [1.82, 2.24) is 10.2 Å². The minimum atomic E-state index is -0.964. The van der Waals surface area contributed by atoms with E-state index in [0.29, 0.717) is 18.7 Å². The zero-order chi connectivity index (χ0) is 24.3. The average molecular weight is 460 g/mol. The highest BCUT2D eigenvalue weighted by Gasteiger charge is 2.19. The monoisotopic (exact) mass is 459 g/mol. The molecule has 7 heteroatoms. The van der Waals surface area contributed by atoms with Crippen LogP contribution >= 0.6 is 0 Å². The van der Waals surface area contributed by atoms with E-state index < -0.39 is 5.97 Å². The highest BCUT2D eigenvalue weighted by atomic mass is 16.4. The molecule has 0 aromatic heterocycles. The number of aliphatic carboxylic acids is 1. The van der Waals surface area contributed by atoms with Gasteiger partial charge in [-0.15, -0.1) is 0 Å². The van der Waals surface area contributed by atoms with Gasteiger partial charge in [-0.1, -0.05) is 67.6 Å². The number of carbonyl (C=O) groups is 3. The Balaban J connectivity index is 1.70. The topological polar surface area (TPSA) is 98.7 Å². The second kappa shape index (κ2) is 12.2. The zero-order valence-electron chi connectivity index (χ0n) is 19.1. The number of carboxylic acid groups (broad SMARTS) is 1. The Bertz CT molecular complexity index is 1090. The number of nitrogens with one attached hydrogen (secondary N) is 2. The number of rotatable bonds is 10. The molecule has 0 fully saturated rings. The van der Waals surface area contributed by atoms with Gasteiger partial charge >= 0.3 is 12.0 Å². The average Bonchev–Trinajstić information content (AvgIpc) is 2.85. The van der Waals surface area contributed by atoms with E-state index in [1.54, 1.807) is 17.0 Å². The van der Waals surface area contributed by atoms with Crippen LogP contribution in [-0.2, 0) is 11.3 Å². The van der Waals surface area contributed by atoms with Crippen molar-refractivity contribution in [3.05, 3.63) is 102 Å². The normalized spacial score (nSPS) is 11.3. The van der Waals surface area contributed by atoms with Crippen LogP contribution in [0.4, 0.5) is 10.5 Å². The summed E-state index contributed by atoms with van der Waals surface area (Å²) >= 11 is 0. The van der Waals surface area contributed by atoms with Crippen LogP contribution in [-0.4, -0.2) is 41.0 Å². The lowest BCUT2D eigenvalue weighted by molar-refractivity contribution is -0.136. The predicted molar refractivity (Wildman–Crippen MR) is 132 cm³/mol. The van der Waals surface area contributed by atoms with E-state index in [1.807, 2.05) is 60.7 Å². The first kappa shape index (κ1) is 24.5. The molecule has 0 radical (unpaired) electrons. The molecule has 3 aromatic carbocycles. The molecular formula is C27H29N3O4. The van der Waals surface area contributed by atoms with Crippen LogP contribution in [0.2, 0.25) is 0 Å². The quantitative estimate of drug-likeness (QED) is 0.408. The van der Waals surface area contributed by atoms with Crippen molar-refractivity contribution in [2.24, 2.45) is 0 Å². The Kier molecular flexibility index (Phi) is 8.80. The molecule has 1 unspecified atom stereocenters. The van der Waals surface area contributed by atoms with Crippen molar-refractivity contribution in [1.29, 1.82) is 0 Å². The van der Waals surface area contributed by atoms with Crippen molar-refractivity contribution < 1.29 is 19.5 Å². The molecule has 0 aliphatic carbocycles. The first-order chi connectivity index (χ1) is 16.4. The van der Waals surface area contributed by atoms with Crippen molar-refractivity contribution in [2.75, 3.05) is 18.4 Å². The van der Waals surface area contributed by atoms with Crippen molar-refractivity contribution >= 4 is 23.6 Å². The van der Waals surface area contributed by atoms with Crippen molar-refractivity contribution in [3.8, 4) is 0 Å². The molecule has 3 amide bonds. The Hall–Kier alpha value is -4.13. The van der Waals surface area contributed by atoms with Gasteiger partial charge in [-0.3, -0.25) is 9.59 Å². The molecule has 176 valence electrons. The van der Waals surface area contributed by atoms with Gasteiger partial charge in [-0.05, 0) is 41.3 Å². The smallest absolute Gasteiger partial charge is 0.322 e. The fourth-order valence-electron chi connectivity index (χ4n) is 3.53. The number of anilines is 1. The molecule has 0 saturated carbocycles. The van der Waals surface area contributed by atoms with E-state index in [1.165, 1.54) is 0 Å². The fourth-order valence-corrected chi connectivity index (χ4v) is 3.53. The number of carbonyl (C=O) groups excluding carboxylic acids is 2. The van der Waals surface area contributed by atoms with E-state index in [4.69, 9.17) is 5.11 Å². The number of hydrogen-bond donors (Lipinski definition) is 3. The summed E-state index contributed by atoms with van der Waals surface area (Å²) in [5, 5.41) is 14.2. The molecule has 7 nitrogen and oxygen atoms in total. The summed E-state index contributed by atoms with van der Waals surface area (Å²) in [4.78, 5) is 37.7. The van der Waals surface area contributed by atoms with Crippen LogP contribution in [0.3, 0.4) is 0 Å². The van der Waals surface area contributed by atoms with Gasteiger partial charge in [-0.2, -0.15) is 0 Å². The number of nitrogens with zero attached hydrogens (tertiary/aromatic N) is 1. The summed E-state index contributed by atoms with van der Waals surface area (Å²) in [7, 11) is 0. The SMILES string of the molecule is CC(CN(Cc1ccc(C(=O)NCCC(=O)O)cc1)C(=O)Nc1ccccc1)c1ccccc1. The van der Waals surface area contributed by atoms with Crippen molar-refractivity contribution in [3.63, 3.8) is 0 Å². The maximum absolute atomic E-state index is 13.1. The maximum atomic E-state index is 13.1. The molecule has 3 rings (SSSR count). The fraction of sp³-hybridized carbons (Fsp3) is 0.222. The molecule has 0 bridgehead atoms. The molecule has 0 aliphatic rings. The zero-order valence-corrected chi connectivity index (χ0v) is 19.1. The van der Waals surface area contributed by atoms with Gasteiger partial charge in [0.2, 0.25) is 0 Å². The lowest BCUT2D eigenvalue weighted by Gasteiger charge is -2.27. The molecule has 0 saturated heterocycles. The first-order valence-corrected chi connectivity index (χ1v) is 11.2. The van der Waals surface area contributed by atoms with Crippen LogP contribution in [0.5, 0.6) is 0 Å². The third-order valence-electron chi connectivity index (χ3n) is 5.39. The second-order valence-corrected chi connectivity index (χ2v) is 8.08. The number of benzene rings is 3. The molecule has 3 N–H and O–H groups in total. The Morgan fingerprint density at radius 2 is 1.50 bits per heavy atom. The summed E-state index contributed by atoms with van der Waals surface area (Å²) in [6.45, 7) is 3.04. The maximum Gasteiger partial charge on any atom is 0.322 e. The summed E-state index contributed by atoms with van der Waals surface area (Å²) in [6.07, 6.45) is -0.130. The lowest BCUT2D eigenvalue weighted by Crippen LogP contribution is -2.37. The molecule has 0 heterocycles. The minimum absolute atomic E-state index is 0.0702. The molecule has 0 aliphatic heterocycles. The number of hydrogen-bond acceptors (Lipinski definition) is 3. The van der Waals surface area contributed by atoms with Crippen LogP contribution in [0, 0.1) is 0 Å². The number of carboxylic acids is 1. The Morgan fingerprint density at radius 3 is 2.12 bits per heavy atom. The van der Waals surface area contributed by atoms with Gasteiger partial charge in [0, 0.05) is 30.9 Å². The van der Waals surface area contributed by atoms with E-state index in [-0.39, 0.29) is 30.8 Å². The number of urea groups is 1. The van der Waals surface area contributed by atoms with Crippen LogP contribution in [0.25, 0.3) is 0 Å². The van der Waals surface area contributed by atoms with E-state index in [9.17, 15) is 14.4 Å². The number of amides is 3. The summed E-state index contributed by atoms with van der Waals surface area (Å²) in [5.74, 6) is -1.17. The molecule has 3 aromatic rings. The third-order valence-corrected chi connectivity index (χ3v) is 5.39. The molecule has 1 atom stereocenters. The van der Waals surface area contributed by atoms with Crippen LogP contribution < -0.4 is 10.6 Å². The highest BCUT2D eigenvalue weighted by Crippen LogP contribution is 2.19. The predicted octanol–water partition coefficient (Wildman–Crippen LogP) is 4.73. The number of para-hydroxylation sites is 1. The summed E-state index contributed by atoms with van der Waals surface area (Å²) in [6, 6.07) is 26.1. The standard InChI is InChI=1S/C27H29N3O4/c1-20(22-8-4-2-5-9-22)18-30(27(34)29-24-10-6-3-7-11-24)19-21-12-14-23(15-13-21)26(33)28-17-16-25(31)32/h2-15,20H,16-19H2,1H3,(H,28,33)(H,29,34)(H,31,32). The van der Waals surface area contributed by atoms with E-state index >= 15 is 0 Å². The summed E-state index contributed by atoms with van der Waals surface area (Å²) in [5.41, 5.74) is 3.18. The lowest BCUT2D eigenvalue weighted by atomic mass is 10.0. The van der Waals surface area contributed by atoms with Gasteiger partial charge in [-0.25, -0.2) is 4.79 Å².